The van der Waals surface area contributed by atoms with Crippen LogP contribution in [0.3, 0.4) is 0 Å². The number of carboxylic acid groups (broad SMARTS) is 1. The molecule has 1 atom stereocenters. The Balaban J connectivity index is 2.37. The van der Waals surface area contributed by atoms with Gasteiger partial charge in [-0.05, 0) is 19.4 Å². The second-order valence-corrected chi connectivity index (χ2v) is 2.82. The highest BCUT2D eigenvalue weighted by molar-refractivity contribution is 5.73. The first-order chi connectivity index (χ1) is 5.25. The van der Waals surface area contributed by atoms with Crippen molar-refractivity contribution in [3.8, 4) is 0 Å². The molecule has 1 rings (SSSR count). The summed E-state index contributed by atoms with van der Waals surface area (Å²) in [5, 5.41) is 8.74. The van der Waals surface area contributed by atoms with E-state index in [2.05, 4.69) is 0 Å². The lowest BCUT2D eigenvalue weighted by Crippen LogP contribution is -2.49. The molecule has 4 nitrogen and oxygen atoms in total. The molecule has 1 aliphatic heterocycles. The van der Waals surface area contributed by atoms with Gasteiger partial charge < -0.3 is 10.8 Å². The molecule has 0 bridgehead atoms. The minimum Gasteiger partial charge on any atom is -0.480 e. The van der Waals surface area contributed by atoms with Gasteiger partial charge in [0.2, 0.25) is 0 Å². The molecule has 0 radical (unpaired) electrons. The lowest BCUT2D eigenvalue weighted by Gasteiger charge is -2.35. The van der Waals surface area contributed by atoms with Gasteiger partial charge in [-0.25, -0.2) is 0 Å². The van der Waals surface area contributed by atoms with Crippen LogP contribution in [0.1, 0.15) is 12.8 Å². The van der Waals surface area contributed by atoms with Crippen LogP contribution in [-0.2, 0) is 4.79 Å². The lowest BCUT2D eigenvalue weighted by atomic mass is 10.1. The fourth-order valence-electron chi connectivity index (χ4n) is 1.27. The van der Waals surface area contributed by atoms with Gasteiger partial charge in [-0.15, -0.1) is 0 Å². The fraction of sp³-hybridized carbons (Fsp3) is 0.857. The number of nitrogens with zero attached hydrogens (tertiary/aromatic N) is 1. The Morgan fingerprint density at radius 1 is 1.64 bits per heavy atom. The predicted molar refractivity (Wildman–Crippen MR) is 41.3 cm³/mol. The van der Waals surface area contributed by atoms with E-state index in [1.54, 1.807) is 0 Å². The van der Waals surface area contributed by atoms with Crippen LogP contribution < -0.4 is 5.73 Å². The summed E-state index contributed by atoms with van der Waals surface area (Å²) in [6.45, 7) is 2.28. The van der Waals surface area contributed by atoms with Crippen LogP contribution in [0, 0.1) is 0 Å². The molecular formula is C7H14N2O2. The summed E-state index contributed by atoms with van der Waals surface area (Å²) >= 11 is 0. The van der Waals surface area contributed by atoms with E-state index in [1.807, 2.05) is 4.90 Å². The standard InChI is InChI=1S/C7H14N2O2/c8-3-2-6(7(10)11)9-4-1-5-9/h6H,1-5,8H2,(H,10,11). The molecule has 4 heteroatoms. The number of rotatable bonds is 4. The van der Waals surface area contributed by atoms with Crippen molar-refractivity contribution >= 4 is 5.97 Å². The van der Waals surface area contributed by atoms with Gasteiger partial charge >= 0.3 is 5.97 Å². The van der Waals surface area contributed by atoms with E-state index >= 15 is 0 Å². The second-order valence-electron chi connectivity index (χ2n) is 2.82. The molecule has 0 spiro atoms. The van der Waals surface area contributed by atoms with Gasteiger partial charge in [0.1, 0.15) is 6.04 Å². The van der Waals surface area contributed by atoms with Crippen LogP contribution in [0.25, 0.3) is 0 Å². The van der Waals surface area contributed by atoms with Gasteiger partial charge in [-0.3, -0.25) is 9.69 Å². The van der Waals surface area contributed by atoms with Gasteiger partial charge in [0, 0.05) is 13.1 Å². The Labute approximate surface area is 66.0 Å². The van der Waals surface area contributed by atoms with E-state index in [4.69, 9.17) is 10.8 Å². The molecule has 1 saturated heterocycles. The molecule has 1 heterocycles. The molecule has 1 unspecified atom stereocenters. The van der Waals surface area contributed by atoms with E-state index < -0.39 is 5.97 Å². The first kappa shape index (κ1) is 8.49. The minimum atomic E-state index is -0.741. The number of carbonyl (C=O) groups is 1. The number of nitrogens with two attached hydrogens (primary N) is 1. The molecule has 0 aromatic rings. The summed E-state index contributed by atoms with van der Waals surface area (Å²) in [7, 11) is 0. The van der Waals surface area contributed by atoms with Crippen molar-refractivity contribution in [3.05, 3.63) is 0 Å². The Bertz CT molecular complexity index is 145. The van der Waals surface area contributed by atoms with Crippen molar-refractivity contribution in [2.75, 3.05) is 19.6 Å². The van der Waals surface area contributed by atoms with Gasteiger partial charge in [0.05, 0.1) is 0 Å². The van der Waals surface area contributed by atoms with Crippen molar-refractivity contribution in [2.45, 2.75) is 18.9 Å². The highest BCUT2D eigenvalue weighted by Crippen LogP contribution is 2.13. The molecule has 1 aliphatic rings. The average Bonchev–Trinajstić information content (AvgIpc) is 1.82. The van der Waals surface area contributed by atoms with E-state index in [-0.39, 0.29) is 6.04 Å². The van der Waals surface area contributed by atoms with E-state index in [9.17, 15) is 4.79 Å². The smallest absolute Gasteiger partial charge is 0.320 e. The Kier molecular flexibility index (Phi) is 2.84. The van der Waals surface area contributed by atoms with Crippen LogP contribution in [0.4, 0.5) is 0 Å². The SMILES string of the molecule is NCCC(C(=O)O)N1CCC1. The highest BCUT2D eigenvalue weighted by Gasteiger charge is 2.28. The van der Waals surface area contributed by atoms with Crippen molar-refractivity contribution in [1.82, 2.24) is 4.90 Å². The lowest BCUT2D eigenvalue weighted by molar-refractivity contribution is -0.145. The number of likely N-dealkylation sites (tertiary alicyclic amines) is 1. The third-order valence-corrected chi connectivity index (χ3v) is 2.06. The first-order valence-corrected chi connectivity index (χ1v) is 3.92. The minimum absolute atomic E-state index is 0.339. The van der Waals surface area contributed by atoms with Gasteiger partial charge in [0.25, 0.3) is 0 Å². The van der Waals surface area contributed by atoms with Gasteiger partial charge in [-0.1, -0.05) is 0 Å². The predicted octanol–water partition coefficient (Wildman–Crippen LogP) is -0.506. The molecule has 0 aromatic carbocycles. The number of carboxylic acids is 1. The van der Waals surface area contributed by atoms with Crippen LogP contribution in [0.5, 0.6) is 0 Å². The molecule has 64 valence electrons. The Morgan fingerprint density at radius 2 is 2.27 bits per heavy atom. The maximum Gasteiger partial charge on any atom is 0.320 e. The summed E-state index contributed by atoms with van der Waals surface area (Å²) < 4.78 is 0. The van der Waals surface area contributed by atoms with Crippen LogP contribution in [0.2, 0.25) is 0 Å². The number of hydrogen-bond acceptors (Lipinski definition) is 3. The monoisotopic (exact) mass is 158 g/mol. The normalized spacial score (nSPS) is 20.8. The molecule has 11 heavy (non-hydrogen) atoms. The first-order valence-electron chi connectivity index (χ1n) is 3.92. The Hall–Kier alpha value is -0.610. The highest BCUT2D eigenvalue weighted by atomic mass is 16.4. The summed E-state index contributed by atoms with van der Waals surface area (Å²) in [5.41, 5.74) is 5.29. The van der Waals surface area contributed by atoms with Crippen LogP contribution in [-0.4, -0.2) is 41.7 Å². The van der Waals surface area contributed by atoms with Crippen LogP contribution in [0.15, 0.2) is 0 Å². The zero-order valence-corrected chi connectivity index (χ0v) is 6.49. The van der Waals surface area contributed by atoms with E-state index in [0.29, 0.717) is 13.0 Å². The molecule has 0 aliphatic carbocycles. The van der Waals surface area contributed by atoms with Crippen molar-refractivity contribution in [1.29, 1.82) is 0 Å². The van der Waals surface area contributed by atoms with Crippen molar-refractivity contribution < 1.29 is 9.90 Å². The van der Waals surface area contributed by atoms with Crippen molar-refractivity contribution in [2.24, 2.45) is 5.73 Å². The maximum absolute atomic E-state index is 10.6. The average molecular weight is 158 g/mol. The summed E-state index contributed by atoms with van der Waals surface area (Å²) in [6.07, 6.45) is 1.68. The molecule has 0 amide bonds. The molecule has 3 N–H and O–H groups in total. The third-order valence-electron chi connectivity index (χ3n) is 2.06. The Morgan fingerprint density at radius 3 is 2.55 bits per heavy atom. The largest absolute Gasteiger partial charge is 0.480 e. The molecule has 0 aromatic heterocycles. The second kappa shape index (κ2) is 3.69. The quantitative estimate of drug-likeness (QED) is 0.578. The van der Waals surface area contributed by atoms with E-state index in [0.717, 1.165) is 19.5 Å². The third kappa shape index (κ3) is 1.91. The molecular weight excluding hydrogens is 144 g/mol. The number of aliphatic carboxylic acids is 1. The van der Waals surface area contributed by atoms with Gasteiger partial charge in [0.15, 0.2) is 0 Å². The summed E-state index contributed by atoms with van der Waals surface area (Å²) in [6, 6.07) is -0.339. The fourth-order valence-corrected chi connectivity index (χ4v) is 1.27. The molecule has 1 fully saturated rings. The zero-order chi connectivity index (χ0) is 8.27. The summed E-state index contributed by atoms with van der Waals surface area (Å²) in [4.78, 5) is 12.6. The zero-order valence-electron chi connectivity index (χ0n) is 6.49. The topological polar surface area (TPSA) is 66.6 Å². The van der Waals surface area contributed by atoms with E-state index in [1.165, 1.54) is 0 Å². The van der Waals surface area contributed by atoms with Crippen LogP contribution >= 0.6 is 0 Å². The maximum atomic E-state index is 10.6. The van der Waals surface area contributed by atoms with Crippen molar-refractivity contribution in [3.63, 3.8) is 0 Å². The number of hydrogen-bond donors (Lipinski definition) is 2. The molecule has 0 saturated carbocycles. The van der Waals surface area contributed by atoms with Gasteiger partial charge in [-0.2, -0.15) is 0 Å². The summed E-state index contributed by atoms with van der Waals surface area (Å²) in [5.74, 6) is -0.741.